The maximum atomic E-state index is 13.4. The first-order valence-electron chi connectivity index (χ1n) is 9.61. The number of hydrogen-bond acceptors (Lipinski definition) is 3. The Morgan fingerprint density at radius 2 is 1.96 bits per heavy atom. The molecule has 28 heavy (non-hydrogen) atoms. The molecule has 4 rings (SSSR count). The molecule has 5 heteroatoms. The van der Waals surface area contributed by atoms with Crippen LogP contribution >= 0.6 is 0 Å². The van der Waals surface area contributed by atoms with E-state index in [1.165, 1.54) is 0 Å². The summed E-state index contributed by atoms with van der Waals surface area (Å²) in [6.45, 7) is 4.65. The minimum atomic E-state index is 0.0965. The van der Waals surface area contributed by atoms with E-state index < -0.39 is 0 Å². The first kappa shape index (κ1) is 18.3. The molecule has 0 aliphatic heterocycles. The lowest BCUT2D eigenvalue weighted by molar-refractivity contribution is 0.0729. The molecule has 3 aromatic rings. The smallest absolute Gasteiger partial charge is 0.256 e. The standard InChI is InChI=1S/C23H25N3O2/c1-16-13-22(17(2)26(16)20-8-10-21(28-3)11-9-20)23(27)25(19-6-7-19)15-18-5-4-12-24-14-18/h4-5,8-14,19H,6-7,15H2,1-3H3. The number of carbonyl (C=O) groups is 1. The summed E-state index contributed by atoms with van der Waals surface area (Å²) < 4.78 is 7.38. The van der Waals surface area contributed by atoms with Gasteiger partial charge in [-0.2, -0.15) is 0 Å². The largest absolute Gasteiger partial charge is 0.497 e. The predicted octanol–water partition coefficient (Wildman–Crippen LogP) is 4.30. The van der Waals surface area contributed by atoms with E-state index in [2.05, 4.69) is 9.55 Å². The van der Waals surface area contributed by atoms with Crippen LogP contribution in [-0.4, -0.2) is 33.5 Å². The molecule has 2 heterocycles. The van der Waals surface area contributed by atoms with Gasteiger partial charge in [-0.3, -0.25) is 9.78 Å². The minimum absolute atomic E-state index is 0.0965. The van der Waals surface area contributed by atoms with Crippen molar-refractivity contribution in [2.75, 3.05) is 7.11 Å². The van der Waals surface area contributed by atoms with Gasteiger partial charge in [-0.05, 0) is 68.7 Å². The molecule has 0 saturated heterocycles. The summed E-state index contributed by atoms with van der Waals surface area (Å²) in [5.74, 6) is 0.915. The molecule has 144 valence electrons. The van der Waals surface area contributed by atoms with Crippen LogP contribution in [0.3, 0.4) is 0 Å². The van der Waals surface area contributed by atoms with E-state index in [9.17, 15) is 4.79 Å². The van der Waals surface area contributed by atoms with E-state index in [4.69, 9.17) is 4.74 Å². The number of ether oxygens (including phenoxy) is 1. The van der Waals surface area contributed by atoms with Gasteiger partial charge in [0.15, 0.2) is 0 Å². The molecule has 1 saturated carbocycles. The van der Waals surface area contributed by atoms with Gasteiger partial charge in [0.1, 0.15) is 5.75 Å². The fourth-order valence-corrected chi connectivity index (χ4v) is 3.70. The zero-order chi connectivity index (χ0) is 19.7. The molecular weight excluding hydrogens is 350 g/mol. The molecule has 1 fully saturated rings. The fourth-order valence-electron chi connectivity index (χ4n) is 3.70. The van der Waals surface area contributed by atoms with Crippen molar-refractivity contribution in [3.8, 4) is 11.4 Å². The Labute approximate surface area is 165 Å². The number of aryl methyl sites for hydroxylation is 1. The van der Waals surface area contributed by atoms with Gasteiger partial charge < -0.3 is 14.2 Å². The van der Waals surface area contributed by atoms with Crippen molar-refractivity contribution in [3.63, 3.8) is 0 Å². The highest BCUT2D eigenvalue weighted by molar-refractivity contribution is 5.96. The number of nitrogens with zero attached hydrogens (tertiary/aromatic N) is 3. The Morgan fingerprint density at radius 1 is 1.21 bits per heavy atom. The van der Waals surface area contributed by atoms with E-state index in [1.807, 2.05) is 67.4 Å². The molecule has 1 aliphatic rings. The van der Waals surface area contributed by atoms with E-state index in [-0.39, 0.29) is 5.91 Å². The molecule has 2 aromatic heterocycles. The van der Waals surface area contributed by atoms with Crippen molar-refractivity contribution in [1.29, 1.82) is 0 Å². The summed E-state index contributed by atoms with van der Waals surface area (Å²) >= 11 is 0. The zero-order valence-corrected chi connectivity index (χ0v) is 16.6. The van der Waals surface area contributed by atoms with E-state index in [1.54, 1.807) is 13.3 Å². The van der Waals surface area contributed by atoms with Crippen LogP contribution in [0, 0.1) is 13.8 Å². The van der Waals surface area contributed by atoms with Crippen LogP contribution in [0.25, 0.3) is 5.69 Å². The number of aromatic nitrogens is 2. The number of rotatable bonds is 6. The number of hydrogen-bond donors (Lipinski definition) is 0. The van der Waals surface area contributed by atoms with Crippen LogP contribution in [0.1, 0.15) is 40.2 Å². The summed E-state index contributed by atoms with van der Waals surface area (Å²) in [6, 6.07) is 14.2. The predicted molar refractivity (Wildman–Crippen MR) is 109 cm³/mol. The molecule has 0 atom stereocenters. The van der Waals surface area contributed by atoms with Crippen LogP contribution in [0.5, 0.6) is 5.75 Å². The highest BCUT2D eigenvalue weighted by atomic mass is 16.5. The number of amides is 1. The van der Waals surface area contributed by atoms with Crippen molar-refractivity contribution in [3.05, 3.63) is 77.4 Å². The van der Waals surface area contributed by atoms with E-state index in [0.717, 1.165) is 46.8 Å². The maximum Gasteiger partial charge on any atom is 0.256 e. The number of pyridine rings is 1. The lowest BCUT2D eigenvalue weighted by Gasteiger charge is -2.22. The molecule has 0 bridgehead atoms. The van der Waals surface area contributed by atoms with Crippen LogP contribution in [0.2, 0.25) is 0 Å². The molecule has 0 spiro atoms. The van der Waals surface area contributed by atoms with Crippen LogP contribution in [-0.2, 0) is 6.54 Å². The Hall–Kier alpha value is -3.08. The first-order valence-corrected chi connectivity index (χ1v) is 9.61. The van der Waals surface area contributed by atoms with Gasteiger partial charge in [-0.15, -0.1) is 0 Å². The second-order valence-corrected chi connectivity index (χ2v) is 7.34. The van der Waals surface area contributed by atoms with Crippen molar-refractivity contribution in [2.24, 2.45) is 0 Å². The van der Waals surface area contributed by atoms with Gasteiger partial charge in [-0.25, -0.2) is 0 Å². The zero-order valence-electron chi connectivity index (χ0n) is 16.6. The lowest BCUT2D eigenvalue weighted by atomic mass is 10.2. The third kappa shape index (κ3) is 3.52. The van der Waals surface area contributed by atoms with Crippen molar-refractivity contribution in [2.45, 2.75) is 39.3 Å². The molecule has 1 aliphatic carbocycles. The van der Waals surface area contributed by atoms with Crippen LogP contribution < -0.4 is 4.74 Å². The number of methoxy groups -OCH3 is 1. The Kier molecular flexibility index (Phi) is 4.90. The fraction of sp³-hybridized carbons (Fsp3) is 0.304. The molecule has 0 N–H and O–H groups in total. The minimum Gasteiger partial charge on any atom is -0.497 e. The van der Waals surface area contributed by atoms with Gasteiger partial charge in [0.25, 0.3) is 5.91 Å². The van der Waals surface area contributed by atoms with Gasteiger partial charge in [-0.1, -0.05) is 6.07 Å². The van der Waals surface area contributed by atoms with E-state index >= 15 is 0 Å². The van der Waals surface area contributed by atoms with Gasteiger partial charge in [0.05, 0.1) is 12.7 Å². The lowest BCUT2D eigenvalue weighted by Crippen LogP contribution is -2.33. The monoisotopic (exact) mass is 375 g/mol. The van der Waals surface area contributed by atoms with E-state index in [0.29, 0.717) is 12.6 Å². The topological polar surface area (TPSA) is 47.4 Å². The third-order valence-electron chi connectivity index (χ3n) is 5.32. The number of benzene rings is 1. The summed E-state index contributed by atoms with van der Waals surface area (Å²) in [7, 11) is 1.66. The Morgan fingerprint density at radius 3 is 2.57 bits per heavy atom. The summed E-state index contributed by atoms with van der Waals surface area (Å²) in [5, 5.41) is 0. The van der Waals surface area contributed by atoms with Crippen molar-refractivity contribution in [1.82, 2.24) is 14.5 Å². The average Bonchev–Trinajstić information content (AvgIpc) is 3.52. The second-order valence-electron chi connectivity index (χ2n) is 7.34. The third-order valence-corrected chi connectivity index (χ3v) is 5.32. The van der Waals surface area contributed by atoms with Crippen LogP contribution in [0.15, 0.2) is 54.9 Å². The van der Waals surface area contributed by atoms with Crippen LogP contribution in [0.4, 0.5) is 0 Å². The summed E-state index contributed by atoms with van der Waals surface area (Å²) in [5.41, 5.74) is 4.86. The molecule has 1 aromatic carbocycles. The Balaban J connectivity index is 1.65. The summed E-state index contributed by atoms with van der Waals surface area (Å²) in [4.78, 5) is 19.6. The molecule has 5 nitrogen and oxygen atoms in total. The van der Waals surface area contributed by atoms with Crippen molar-refractivity contribution >= 4 is 5.91 Å². The highest BCUT2D eigenvalue weighted by Crippen LogP contribution is 2.31. The molecule has 0 radical (unpaired) electrons. The van der Waals surface area contributed by atoms with Gasteiger partial charge in [0, 0.05) is 42.1 Å². The maximum absolute atomic E-state index is 13.4. The average molecular weight is 375 g/mol. The van der Waals surface area contributed by atoms with Crippen molar-refractivity contribution < 1.29 is 9.53 Å². The Bertz CT molecular complexity index is 973. The second kappa shape index (κ2) is 7.50. The summed E-state index contributed by atoms with van der Waals surface area (Å²) in [6.07, 6.45) is 5.74. The molecular formula is C23H25N3O2. The molecule has 0 unspecified atom stereocenters. The normalized spacial score (nSPS) is 13.4. The highest BCUT2D eigenvalue weighted by Gasteiger charge is 2.34. The number of carbonyl (C=O) groups excluding carboxylic acids is 1. The van der Waals surface area contributed by atoms with Gasteiger partial charge in [0.2, 0.25) is 0 Å². The SMILES string of the molecule is COc1ccc(-n2c(C)cc(C(=O)N(Cc3cccnc3)C3CC3)c2C)cc1. The first-order chi connectivity index (χ1) is 13.6. The quantitative estimate of drug-likeness (QED) is 0.645. The van der Waals surface area contributed by atoms with Gasteiger partial charge >= 0.3 is 0 Å². The molecule has 1 amide bonds.